The molecule has 2 aromatic rings. The van der Waals surface area contributed by atoms with Crippen molar-refractivity contribution < 1.29 is 0 Å². The van der Waals surface area contributed by atoms with Gasteiger partial charge in [-0.3, -0.25) is 4.79 Å². The Kier molecular flexibility index (Phi) is 2.21. The van der Waals surface area contributed by atoms with E-state index in [2.05, 4.69) is 15.0 Å². The predicted octanol–water partition coefficient (Wildman–Crippen LogP) is 2.50. The van der Waals surface area contributed by atoms with Crippen molar-refractivity contribution in [3.05, 3.63) is 58.9 Å². The zero-order valence-corrected chi connectivity index (χ0v) is 12.3. The van der Waals surface area contributed by atoms with E-state index >= 15 is 0 Å². The first kappa shape index (κ1) is 12.3. The van der Waals surface area contributed by atoms with E-state index < -0.39 is 0 Å². The molecule has 0 aliphatic carbocycles. The van der Waals surface area contributed by atoms with Crippen LogP contribution in [0.5, 0.6) is 0 Å². The number of rotatable bonds is 0. The molecule has 5 rings (SSSR count). The summed E-state index contributed by atoms with van der Waals surface area (Å²) in [7, 11) is 0. The summed E-state index contributed by atoms with van der Waals surface area (Å²) in [6, 6.07) is 9.37. The van der Waals surface area contributed by atoms with E-state index in [0.29, 0.717) is 23.4 Å². The molecular formula is C17H11N5O. The summed E-state index contributed by atoms with van der Waals surface area (Å²) in [5.74, 6) is 3.23. The molecule has 1 aromatic carbocycles. The van der Waals surface area contributed by atoms with Crippen LogP contribution in [0.15, 0.2) is 68.3 Å². The molecule has 0 saturated carbocycles. The van der Waals surface area contributed by atoms with Gasteiger partial charge in [-0.1, -0.05) is 30.3 Å². The third kappa shape index (κ3) is 1.57. The van der Waals surface area contributed by atoms with Crippen LogP contribution in [0.4, 0.5) is 5.82 Å². The van der Waals surface area contributed by atoms with Crippen LogP contribution in [-0.2, 0) is 0 Å². The SMILES string of the molecule is CC1=NC2=Nc3c4ccccc4cc(=O)n3C3=CC=CC(=N1)N32. The minimum Gasteiger partial charge on any atom is -0.269 e. The Bertz CT molecular complexity index is 1100. The molecule has 0 unspecified atom stereocenters. The van der Waals surface area contributed by atoms with Gasteiger partial charge < -0.3 is 0 Å². The summed E-state index contributed by atoms with van der Waals surface area (Å²) in [6.07, 6.45) is 5.65. The Labute approximate surface area is 131 Å². The van der Waals surface area contributed by atoms with Crippen LogP contribution in [0.1, 0.15) is 6.92 Å². The molecule has 3 aliphatic heterocycles. The lowest BCUT2D eigenvalue weighted by molar-refractivity contribution is 0.730. The van der Waals surface area contributed by atoms with Gasteiger partial charge in [-0.2, -0.15) is 9.98 Å². The number of amidine groups is 2. The van der Waals surface area contributed by atoms with Gasteiger partial charge in [0, 0.05) is 11.5 Å². The molecule has 0 radical (unpaired) electrons. The van der Waals surface area contributed by atoms with Crippen molar-refractivity contribution in [2.24, 2.45) is 15.0 Å². The average Bonchev–Trinajstić information content (AvgIpc) is 2.54. The van der Waals surface area contributed by atoms with Crippen LogP contribution < -0.4 is 5.56 Å². The van der Waals surface area contributed by atoms with Gasteiger partial charge >= 0.3 is 0 Å². The number of nitrogens with zero attached hydrogens (tertiary/aromatic N) is 5. The number of hydrogen-bond acceptors (Lipinski definition) is 5. The van der Waals surface area contributed by atoms with Gasteiger partial charge in [-0.15, -0.1) is 0 Å². The maximum Gasteiger partial charge on any atom is 0.258 e. The molecule has 23 heavy (non-hydrogen) atoms. The maximum absolute atomic E-state index is 12.6. The van der Waals surface area contributed by atoms with Crippen molar-refractivity contribution in [1.82, 2.24) is 9.47 Å². The van der Waals surface area contributed by atoms with Crippen LogP contribution in [0, 0.1) is 0 Å². The van der Waals surface area contributed by atoms with Crippen molar-refractivity contribution in [3.63, 3.8) is 0 Å². The van der Waals surface area contributed by atoms with Crippen molar-refractivity contribution in [3.8, 4) is 0 Å². The van der Waals surface area contributed by atoms with Crippen molar-refractivity contribution in [1.29, 1.82) is 0 Å². The molecule has 0 saturated heterocycles. The highest BCUT2D eigenvalue weighted by Crippen LogP contribution is 2.34. The number of guanidine groups is 1. The first-order valence-corrected chi connectivity index (χ1v) is 7.29. The first-order chi connectivity index (χ1) is 11.2. The second-order valence-corrected chi connectivity index (χ2v) is 5.49. The largest absolute Gasteiger partial charge is 0.269 e. The molecule has 0 fully saturated rings. The molecule has 3 aliphatic rings. The number of aromatic nitrogens is 1. The maximum atomic E-state index is 12.6. The third-order valence-electron chi connectivity index (χ3n) is 4.03. The monoisotopic (exact) mass is 301 g/mol. The zero-order chi connectivity index (χ0) is 15.6. The van der Waals surface area contributed by atoms with Gasteiger partial charge in [-0.25, -0.2) is 14.5 Å². The van der Waals surface area contributed by atoms with E-state index in [-0.39, 0.29) is 5.56 Å². The lowest BCUT2D eigenvalue weighted by Gasteiger charge is -2.34. The highest BCUT2D eigenvalue weighted by atomic mass is 16.1. The zero-order valence-electron chi connectivity index (χ0n) is 12.3. The van der Waals surface area contributed by atoms with Gasteiger partial charge in [-0.05, 0) is 24.5 Å². The molecular weight excluding hydrogens is 290 g/mol. The van der Waals surface area contributed by atoms with E-state index in [0.717, 1.165) is 16.6 Å². The summed E-state index contributed by atoms with van der Waals surface area (Å²) in [5.41, 5.74) is -0.117. The topological polar surface area (TPSA) is 62.3 Å². The molecule has 0 spiro atoms. The quantitative estimate of drug-likeness (QED) is 0.750. The fourth-order valence-corrected chi connectivity index (χ4v) is 3.09. The van der Waals surface area contributed by atoms with Gasteiger partial charge in [0.25, 0.3) is 5.56 Å². The van der Waals surface area contributed by atoms with Gasteiger partial charge in [0.1, 0.15) is 17.5 Å². The fraction of sp³-hybridized carbons (Fsp3) is 0.0588. The minimum atomic E-state index is -0.117. The summed E-state index contributed by atoms with van der Waals surface area (Å²) >= 11 is 0. The Morgan fingerprint density at radius 1 is 1.09 bits per heavy atom. The number of fused-ring (bicyclic) bond motifs is 4. The standard InChI is InChI=1S/C17H11N5O/c1-10-18-13-7-4-8-14-21(13)17(19-10)20-16-12-6-3-2-5-11(12)9-15(23)22(14)16/h2-9H,1H3. The second-order valence-electron chi connectivity index (χ2n) is 5.49. The molecule has 110 valence electrons. The van der Waals surface area contributed by atoms with Gasteiger partial charge in [0.15, 0.2) is 5.82 Å². The second kappa shape index (κ2) is 4.13. The van der Waals surface area contributed by atoms with Crippen molar-refractivity contribution >= 4 is 40.0 Å². The van der Waals surface area contributed by atoms with E-state index in [1.54, 1.807) is 15.5 Å². The summed E-state index contributed by atoms with van der Waals surface area (Å²) < 4.78 is 1.61. The molecule has 0 N–H and O–H groups in total. The van der Waals surface area contributed by atoms with Crippen LogP contribution in [0.25, 0.3) is 16.6 Å². The Morgan fingerprint density at radius 3 is 2.87 bits per heavy atom. The predicted molar refractivity (Wildman–Crippen MR) is 91.1 cm³/mol. The normalized spacial score (nSPS) is 17.9. The molecule has 0 atom stereocenters. The molecule has 0 amide bonds. The first-order valence-electron chi connectivity index (χ1n) is 7.29. The van der Waals surface area contributed by atoms with Crippen molar-refractivity contribution in [2.45, 2.75) is 6.92 Å². The van der Waals surface area contributed by atoms with E-state index in [1.165, 1.54) is 0 Å². The third-order valence-corrected chi connectivity index (χ3v) is 4.03. The number of allylic oxidation sites excluding steroid dienone is 2. The summed E-state index contributed by atoms with van der Waals surface area (Å²) in [4.78, 5) is 28.0. The van der Waals surface area contributed by atoms with E-state index in [4.69, 9.17) is 0 Å². The Hall–Kier alpha value is -3.28. The van der Waals surface area contributed by atoms with Crippen LogP contribution >= 0.6 is 0 Å². The minimum absolute atomic E-state index is 0.117. The average molecular weight is 301 g/mol. The molecule has 6 nitrogen and oxygen atoms in total. The lowest BCUT2D eigenvalue weighted by Crippen LogP contribution is -2.44. The Balaban J connectivity index is 1.96. The molecule has 1 aromatic heterocycles. The number of benzene rings is 1. The fourth-order valence-electron chi connectivity index (χ4n) is 3.09. The summed E-state index contributed by atoms with van der Waals surface area (Å²) in [6.45, 7) is 1.84. The van der Waals surface area contributed by atoms with Crippen LogP contribution in [-0.4, -0.2) is 27.1 Å². The van der Waals surface area contributed by atoms with Crippen molar-refractivity contribution in [2.75, 3.05) is 0 Å². The Morgan fingerprint density at radius 2 is 1.96 bits per heavy atom. The molecule has 0 bridgehead atoms. The highest BCUT2D eigenvalue weighted by Gasteiger charge is 2.32. The number of hydrogen-bond donors (Lipinski definition) is 0. The van der Waals surface area contributed by atoms with E-state index in [1.807, 2.05) is 49.4 Å². The highest BCUT2D eigenvalue weighted by molar-refractivity contribution is 6.22. The molecule has 4 heterocycles. The van der Waals surface area contributed by atoms with Crippen LogP contribution in [0.2, 0.25) is 0 Å². The van der Waals surface area contributed by atoms with Crippen LogP contribution in [0.3, 0.4) is 0 Å². The molecule has 6 heteroatoms. The number of pyridine rings is 1. The van der Waals surface area contributed by atoms with Gasteiger partial charge in [0.2, 0.25) is 5.96 Å². The smallest absolute Gasteiger partial charge is 0.258 e. The number of aliphatic imine (C=N–C) groups is 3. The summed E-state index contributed by atoms with van der Waals surface area (Å²) in [5, 5.41) is 1.80. The van der Waals surface area contributed by atoms with Gasteiger partial charge in [0.05, 0.1) is 0 Å². The lowest BCUT2D eigenvalue weighted by atomic mass is 10.1. The van der Waals surface area contributed by atoms with E-state index in [9.17, 15) is 4.79 Å².